The average molecular weight is 144 g/mol. The quantitative estimate of drug-likeness (QED) is 0.538. The molecule has 55 valence electrons. The number of hydrogen-bond acceptors (Lipinski definition) is 1. The Balaban J connectivity index is 2.50. The number of hydrogen-bond donors (Lipinski definition) is 0. The average Bonchev–Trinajstić information content (AvgIpc) is 2.06. The van der Waals surface area contributed by atoms with Gasteiger partial charge in [-0.2, -0.15) is 0 Å². The Labute approximate surface area is 67.0 Å². The largest absolute Gasteiger partial charge is 0.351 e. The fraction of sp³-hybridized carbons (Fsp3) is 0.200. The van der Waals surface area contributed by atoms with Crippen molar-refractivity contribution < 1.29 is 0 Å². The molecule has 0 aromatic heterocycles. The van der Waals surface area contributed by atoms with Crippen LogP contribution in [0.25, 0.3) is 0 Å². The number of benzene rings is 1. The van der Waals surface area contributed by atoms with Gasteiger partial charge in [0.15, 0.2) is 0 Å². The van der Waals surface area contributed by atoms with Crippen molar-refractivity contribution in [3.05, 3.63) is 42.1 Å². The molecule has 1 aliphatic rings. The van der Waals surface area contributed by atoms with Crippen LogP contribution in [0.2, 0.25) is 0 Å². The van der Waals surface area contributed by atoms with E-state index in [0.717, 1.165) is 6.42 Å². The first-order chi connectivity index (χ1) is 5.38. The molecule has 0 fully saturated rings. The van der Waals surface area contributed by atoms with E-state index in [2.05, 4.69) is 35.2 Å². The van der Waals surface area contributed by atoms with Crippen LogP contribution in [-0.2, 0) is 6.42 Å². The van der Waals surface area contributed by atoms with Crippen LogP contribution < -0.4 is 4.90 Å². The fourth-order valence-electron chi connectivity index (χ4n) is 1.37. The summed E-state index contributed by atoms with van der Waals surface area (Å²) in [5.74, 6) is 0. The van der Waals surface area contributed by atoms with E-state index in [0.29, 0.717) is 0 Å². The van der Waals surface area contributed by atoms with Crippen molar-refractivity contribution in [2.45, 2.75) is 6.42 Å². The van der Waals surface area contributed by atoms with Gasteiger partial charge in [0.2, 0.25) is 0 Å². The lowest BCUT2D eigenvalue weighted by atomic mass is 10.1. The van der Waals surface area contributed by atoms with Crippen LogP contribution >= 0.6 is 0 Å². The highest BCUT2D eigenvalue weighted by Crippen LogP contribution is 2.22. The first kappa shape index (κ1) is 6.47. The van der Waals surface area contributed by atoms with Crippen LogP contribution in [0.3, 0.4) is 0 Å². The summed E-state index contributed by atoms with van der Waals surface area (Å²) in [4.78, 5) is 2.10. The molecular formula is C10H10N. The summed E-state index contributed by atoms with van der Waals surface area (Å²) in [7, 11) is 2.05. The highest BCUT2D eigenvalue weighted by Gasteiger charge is 2.06. The Morgan fingerprint density at radius 3 is 3.00 bits per heavy atom. The Hall–Kier alpha value is -1.24. The molecule has 0 unspecified atom stereocenters. The van der Waals surface area contributed by atoms with Gasteiger partial charge >= 0.3 is 0 Å². The second-order valence-corrected chi connectivity index (χ2v) is 2.75. The zero-order valence-electron chi connectivity index (χ0n) is 6.54. The molecule has 1 heterocycles. The van der Waals surface area contributed by atoms with Gasteiger partial charge in [0.05, 0.1) is 0 Å². The predicted molar refractivity (Wildman–Crippen MR) is 46.4 cm³/mol. The lowest BCUT2D eigenvalue weighted by Crippen LogP contribution is -2.13. The number of para-hydroxylation sites is 1. The van der Waals surface area contributed by atoms with Gasteiger partial charge in [-0.25, -0.2) is 0 Å². The summed E-state index contributed by atoms with van der Waals surface area (Å²) in [6.07, 6.45) is 6.12. The van der Waals surface area contributed by atoms with Crippen LogP contribution in [0.4, 0.5) is 5.69 Å². The van der Waals surface area contributed by atoms with Gasteiger partial charge in [0.25, 0.3) is 0 Å². The molecule has 0 aliphatic carbocycles. The first-order valence-electron chi connectivity index (χ1n) is 3.75. The molecule has 0 bridgehead atoms. The van der Waals surface area contributed by atoms with E-state index in [1.807, 2.05) is 13.2 Å². The summed E-state index contributed by atoms with van der Waals surface area (Å²) >= 11 is 0. The standard InChI is InChI=1S/C10H10N/c1-11-8-4-6-9-5-2-3-7-10(9)11/h2-3,5,7-8H,6H2,1H3. The van der Waals surface area contributed by atoms with E-state index in [4.69, 9.17) is 0 Å². The van der Waals surface area contributed by atoms with Gasteiger partial charge in [-0.15, -0.1) is 0 Å². The third kappa shape index (κ3) is 1.03. The van der Waals surface area contributed by atoms with E-state index in [9.17, 15) is 0 Å². The topological polar surface area (TPSA) is 3.24 Å². The summed E-state index contributed by atoms with van der Waals surface area (Å²) in [6.45, 7) is 0. The molecule has 11 heavy (non-hydrogen) atoms. The summed E-state index contributed by atoms with van der Waals surface area (Å²) in [6, 6.07) is 8.41. The molecule has 2 rings (SSSR count). The fourth-order valence-corrected chi connectivity index (χ4v) is 1.37. The maximum Gasteiger partial charge on any atom is 0.0439 e. The van der Waals surface area contributed by atoms with Crippen molar-refractivity contribution in [3.8, 4) is 0 Å². The first-order valence-corrected chi connectivity index (χ1v) is 3.75. The van der Waals surface area contributed by atoms with Gasteiger partial charge in [0, 0.05) is 25.4 Å². The van der Waals surface area contributed by atoms with E-state index in [1.165, 1.54) is 11.3 Å². The van der Waals surface area contributed by atoms with Crippen LogP contribution in [0.15, 0.2) is 30.5 Å². The van der Waals surface area contributed by atoms with Crippen LogP contribution in [0, 0.1) is 6.08 Å². The minimum Gasteiger partial charge on any atom is -0.351 e. The summed E-state index contributed by atoms with van der Waals surface area (Å²) in [5.41, 5.74) is 2.66. The Kier molecular flexibility index (Phi) is 1.42. The molecule has 1 heteroatoms. The second-order valence-electron chi connectivity index (χ2n) is 2.75. The van der Waals surface area contributed by atoms with Crippen LogP contribution in [-0.4, -0.2) is 7.05 Å². The molecule has 0 atom stereocenters. The normalized spacial score (nSPS) is 14.8. The third-order valence-corrected chi connectivity index (χ3v) is 1.95. The number of rotatable bonds is 0. The smallest absolute Gasteiger partial charge is 0.0439 e. The number of nitrogens with zero attached hydrogens (tertiary/aromatic N) is 1. The van der Waals surface area contributed by atoms with Gasteiger partial charge in [-0.1, -0.05) is 18.2 Å². The molecule has 0 saturated carbocycles. The van der Waals surface area contributed by atoms with Gasteiger partial charge in [-0.05, 0) is 17.7 Å². The highest BCUT2D eigenvalue weighted by molar-refractivity contribution is 5.57. The zero-order chi connectivity index (χ0) is 7.68. The van der Waals surface area contributed by atoms with Crippen molar-refractivity contribution in [2.24, 2.45) is 0 Å². The van der Waals surface area contributed by atoms with E-state index < -0.39 is 0 Å². The lowest BCUT2D eigenvalue weighted by molar-refractivity contribution is 1.07. The molecule has 1 radical (unpaired) electrons. The number of anilines is 1. The molecule has 0 N–H and O–H groups in total. The molecule has 0 saturated heterocycles. The van der Waals surface area contributed by atoms with Crippen molar-refractivity contribution in [2.75, 3.05) is 11.9 Å². The summed E-state index contributed by atoms with van der Waals surface area (Å²) in [5, 5.41) is 0. The van der Waals surface area contributed by atoms with Crippen LogP contribution in [0.1, 0.15) is 5.56 Å². The number of fused-ring (bicyclic) bond motifs is 1. The predicted octanol–water partition coefficient (Wildman–Crippen LogP) is 2.00. The lowest BCUT2D eigenvalue weighted by Gasteiger charge is -2.21. The molecule has 1 aliphatic heterocycles. The van der Waals surface area contributed by atoms with Gasteiger partial charge in [0.1, 0.15) is 0 Å². The Morgan fingerprint density at radius 2 is 2.18 bits per heavy atom. The molecule has 1 nitrogen and oxygen atoms in total. The maximum absolute atomic E-state index is 3.19. The minimum atomic E-state index is 0.945. The molecule has 1 aromatic rings. The Morgan fingerprint density at radius 1 is 1.36 bits per heavy atom. The minimum absolute atomic E-state index is 0.945. The molecule has 0 spiro atoms. The maximum atomic E-state index is 3.19. The van der Waals surface area contributed by atoms with Crippen LogP contribution in [0.5, 0.6) is 0 Å². The Bertz CT molecular complexity index is 289. The van der Waals surface area contributed by atoms with Gasteiger partial charge < -0.3 is 4.90 Å². The van der Waals surface area contributed by atoms with E-state index in [1.54, 1.807) is 0 Å². The molecule has 0 amide bonds. The second kappa shape index (κ2) is 2.42. The SMILES string of the molecule is CN1C=[C]Cc2ccccc21. The monoisotopic (exact) mass is 144 g/mol. The third-order valence-electron chi connectivity index (χ3n) is 1.95. The molecular weight excluding hydrogens is 134 g/mol. The molecule has 1 aromatic carbocycles. The summed E-state index contributed by atoms with van der Waals surface area (Å²) < 4.78 is 0. The van der Waals surface area contributed by atoms with E-state index in [-0.39, 0.29) is 0 Å². The number of allylic oxidation sites excluding steroid dienone is 1. The van der Waals surface area contributed by atoms with Crippen molar-refractivity contribution >= 4 is 5.69 Å². The van der Waals surface area contributed by atoms with Crippen molar-refractivity contribution in [3.63, 3.8) is 0 Å². The van der Waals surface area contributed by atoms with Crippen molar-refractivity contribution in [1.82, 2.24) is 0 Å². The zero-order valence-corrected chi connectivity index (χ0v) is 6.54. The highest BCUT2D eigenvalue weighted by atomic mass is 15.1. The van der Waals surface area contributed by atoms with E-state index >= 15 is 0 Å². The van der Waals surface area contributed by atoms with Crippen molar-refractivity contribution in [1.29, 1.82) is 0 Å². The van der Waals surface area contributed by atoms with Gasteiger partial charge in [-0.3, -0.25) is 0 Å².